The van der Waals surface area contributed by atoms with Crippen LogP contribution in [0.3, 0.4) is 0 Å². The third kappa shape index (κ3) is 5.35. The van der Waals surface area contributed by atoms with Crippen molar-refractivity contribution in [2.45, 2.75) is 57.6 Å². The Morgan fingerprint density at radius 3 is 2.44 bits per heavy atom. The third-order valence-electron chi connectivity index (χ3n) is 6.81. The molecule has 4 aromatic rings. The Bertz CT molecular complexity index is 1380. The van der Waals surface area contributed by atoms with Crippen LogP contribution in [0.4, 0.5) is 0 Å². The molecule has 1 aliphatic carbocycles. The van der Waals surface area contributed by atoms with Gasteiger partial charge in [0, 0.05) is 10.9 Å². The fourth-order valence-electron chi connectivity index (χ4n) is 4.95. The van der Waals surface area contributed by atoms with Crippen molar-refractivity contribution in [2.24, 2.45) is 0 Å². The predicted octanol–water partition coefficient (Wildman–Crippen LogP) is 7.68. The number of aliphatic carboxylic acids is 1. The number of carbonyl (C=O) groups is 1. The Morgan fingerprint density at radius 2 is 1.78 bits per heavy atom. The number of fused-ring (bicyclic) bond motifs is 1. The first kappa shape index (κ1) is 24.6. The second kappa shape index (κ2) is 10.5. The zero-order valence-corrected chi connectivity index (χ0v) is 21.5. The number of pyridine rings is 1. The molecule has 1 saturated carbocycles. The molecule has 5 rings (SSSR count). The van der Waals surface area contributed by atoms with E-state index in [1.54, 1.807) is 12.1 Å². The van der Waals surface area contributed by atoms with E-state index in [0.29, 0.717) is 23.0 Å². The highest BCUT2D eigenvalue weighted by Crippen LogP contribution is 2.37. The van der Waals surface area contributed by atoms with Crippen LogP contribution >= 0.6 is 23.2 Å². The average molecular weight is 524 g/mol. The average Bonchev–Trinajstić information content (AvgIpc) is 3.50. The largest absolute Gasteiger partial charge is 0.489 e. The summed E-state index contributed by atoms with van der Waals surface area (Å²) in [4.78, 5) is 15.0. The molecule has 6 nitrogen and oxygen atoms in total. The van der Waals surface area contributed by atoms with Crippen LogP contribution < -0.4 is 4.74 Å². The molecule has 1 unspecified atom stereocenters. The highest BCUT2D eigenvalue weighted by atomic mass is 35.5. The summed E-state index contributed by atoms with van der Waals surface area (Å²) in [5, 5.41) is 15.8. The molecule has 2 heterocycles. The van der Waals surface area contributed by atoms with Crippen LogP contribution in [0, 0.1) is 0 Å². The standard InChI is InChI=1S/C28H27Cl2N3O3/c1-17(12-27(34)35)19-7-9-22(10-8-19)36-16-18-6-11-23-24(13-18)33(21-4-2-3-5-21)32-28(23)20-14-25(29)31-26(30)15-20/h6-11,13-15,17,21H,2-5,12,16H2,1H3,(H,34,35). The maximum absolute atomic E-state index is 11.0. The van der Waals surface area contributed by atoms with Crippen molar-refractivity contribution < 1.29 is 14.6 Å². The lowest BCUT2D eigenvalue weighted by Gasteiger charge is -2.13. The van der Waals surface area contributed by atoms with Gasteiger partial charge in [-0.2, -0.15) is 5.10 Å². The van der Waals surface area contributed by atoms with Crippen LogP contribution in [0.2, 0.25) is 10.3 Å². The summed E-state index contributed by atoms with van der Waals surface area (Å²) in [6.07, 6.45) is 4.74. The molecule has 0 spiro atoms. The lowest BCUT2D eigenvalue weighted by molar-refractivity contribution is -0.137. The van der Waals surface area contributed by atoms with Crippen molar-refractivity contribution in [3.63, 3.8) is 0 Å². The lowest BCUT2D eigenvalue weighted by atomic mass is 9.98. The van der Waals surface area contributed by atoms with Crippen molar-refractivity contribution >= 4 is 40.1 Å². The number of carboxylic acids is 1. The monoisotopic (exact) mass is 523 g/mol. The molecule has 1 atom stereocenters. The van der Waals surface area contributed by atoms with Gasteiger partial charge in [0.05, 0.1) is 18.0 Å². The van der Waals surface area contributed by atoms with Gasteiger partial charge < -0.3 is 9.84 Å². The van der Waals surface area contributed by atoms with Gasteiger partial charge >= 0.3 is 5.97 Å². The van der Waals surface area contributed by atoms with Crippen LogP contribution in [0.25, 0.3) is 22.2 Å². The van der Waals surface area contributed by atoms with E-state index in [-0.39, 0.29) is 12.3 Å². The van der Waals surface area contributed by atoms with E-state index in [4.69, 9.17) is 38.1 Å². The summed E-state index contributed by atoms with van der Waals surface area (Å²) < 4.78 is 8.21. The molecule has 36 heavy (non-hydrogen) atoms. The number of halogens is 2. The fraction of sp³-hybridized carbons (Fsp3) is 0.321. The number of benzene rings is 2. The van der Waals surface area contributed by atoms with E-state index in [2.05, 4.69) is 27.9 Å². The van der Waals surface area contributed by atoms with Crippen molar-refractivity contribution in [2.75, 3.05) is 0 Å². The lowest BCUT2D eigenvalue weighted by Crippen LogP contribution is -2.06. The van der Waals surface area contributed by atoms with E-state index in [9.17, 15) is 4.79 Å². The molecule has 0 aliphatic heterocycles. The van der Waals surface area contributed by atoms with Crippen LogP contribution in [-0.4, -0.2) is 25.8 Å². The Hall–Kier alpha value is -3.09. The SMILES string of the molecule is CC(CC(=O)O)c1ccc(OCc2ccc3c(-c4cc(Cl)nc(Cl)c4)nn(C4CCCC4)c3c2)cc1. The topological polar surface area (TPSA) is 77.2 Å². The zero-order chi connectivity index (χ0) is 25.2. The van der Waals surface area contributed by atoms with Crippen LogP contribution in [-0.2, 0) is 11.4 Å². The van der Waals surface area contributed by atoms with Gasteiger partial charge in [0.15, 0.2) is 0 Å². The molecular formula is C28H27Cl2N3O3. The number of ether oxygens (including phenoxy) is 1. The smallest absolute Gasteiger partial charge is 0.303 e. The fourth-order valence-corrected chi connectivity index (χ4v) is 5.41. The number of aromatic nitrogens is 3. The Morgan fingerprint density at radius 1 is 1.08 bits per heavy atom. The second-order valence-electron chi connectivity index (χ2n) is 9.44. The van der Waals surface area contributed by atoms with Gasteiger partial charge in [-0.25, -0.2) is 4.98 Å². The number of nitrogens with zero attached hydrogens (tertiary/aromatic N) is 3. The second-order valence-corrected chi connectivity index (χ2v) is 10.2. The minimum absolute atomic E-state index is 0.0471. The van der Waals surface area contributed by atoms with Crippen molar-refractivity contribution in [1.82, 2.24) is 14.8 Å². The molecule has 0 bridgehead atoms. The summed E-state index contributed by atoms with van der Waals surface area (Å²) in [5.41, 5.74) is 4.79. The Kier molecular flexibility index (Phi) is 7.17. The maximum atomic E-state index is 11.0. The van der Waals surface area contributed by atoms with Gasteiger partial charge in [0.25, 0.3) is 0 Å². The van der Waals surface area contributed by atoms with Gasteiger partial charge in [0.1, 0.15) is 28.4 Å². The molecule has 1 N–H and O–H groups in total. The highest BCUT2D eigenvalue weighted by molar-refractivity contribution is 6.33. The molecule has 2 aromatic carbocycles. The van der Waals surface area contributed by atoms with Gasteiger partial charge in [-0.3, -0.25) is 9.48 Å². The van der Waals surface area contributed by atoms with Crippen molar-refractivity contribution in [3.8, 4) is 17.0 Å². The summed E-state index contributed by atoms with van der Waals surface area (Å²) >= 11 is 12.4. The maximum Gasteiger partial charge on any atom is 0.303 e. The first-order chi connectivity index (χ1) is 17.4. The molecule has 0 radical (unpaired) electrons. The van der Waals surface area contributed by atoms with E-state index in [1.807, 2.05) is 31.2 Å². The van der Waals surface area contributed by atoms with Gasteiger partial charge in [-0.15, -0.1) is 0 Å². The molecular weight excluding hydrogens is 497 g/mol. The first-order valence-electron chi connectivity index (χ1n) is 12.2. The molecule has 0 saturated heterocycles. The zero-order valence-electron chi connectivity index (χ0n) is 20.0. The minimum atomic E-state index is -0.798. The van der Waals surface area contributed by atoms with Crippen LogP contribution in [0.1, 0.15) is 62.1 Å². The number of hydrogen-bond donors (Lipinski definition) is 1. The van der Waals surface area contributed by atoms with E-state index >= 15 is 0 Å². The first-order valence-corrected chi connectivity index (χ1v) is 12.9. The number of carboxylic acid groups (broad SMARTS) is 1. The van der Waals surface area contributed by atoms with E-state index < -0.39 is 5.97 Å². The summed E-state index contributed by atoms with van der Waals surface area (Å²) in [5.74, 6) is -0.102. The van der Waals surface area contributed by atoms with Gasteiger partial charge in [-0.1, -0.05) is 67.2 Å². The van der Waals surface area contributed by atoms with E-state index in [1.165, 1.54) is 12.8 Å². The Balaban J connectivity index is 1.41. The van der Waals surface area contributed by atoms with Crippen LogP contribution in [0.15, 0.2) is 54.6 Å². The van der Waals surface area contributed by atoms with Crippen molar-refractivity contribution in [3.05, 3.63) is 76.0 Å². The summed E-state index contributed by atoms with van der Waals surface area (Å²) in [6.45, 7) is 2.33. The van der Waals surface area contributed by atoms with E-state index in [0.717, 1.165) is 51.9 Å². The number of rotatable bonds is 8. The van der Waals surface area contributed by atoms with Gasteiger partial charge in [-0.05, 0) is 60.2 Å². The summed E-state index contributed by atoms with van der Waals surface area (Å²) in [7, 11) is 0. The quantitative estimate of drug-likeness (QED) is 0.239. The minimum Gasteiger partial charge on any atom is -0.489 e. The normalized spacial score (nSPS) is 14.9. The predicted molar refractivity (Wildman–Crippen MR) is 142 cm³/mol. The third-order valence-corrected chi connectivity index (χ3v) is 7.20. The molecule has 1 aliphatic rings. The number of hydrogen-bond acceptors (Lipinski definition) is 4. The highest BCUT2D eigenvalue weighted by Gasteiger charge is 2.23. The molecule has 0 amide bonds. The molecule has 186 valence electrons. The molecule has 8 heteroatoms. The summed E-state index contributed by atoms with van der Waals surface area (Å²) in [6, 6.07) is 17.9. The molecule has 2 aromatic heterocycles. The van der Waals surface area contributed by atoms with Crippen LogP contribution in [0.5, 0.6) is 5.75 Å². The molecule has 1 fully saturated rings. The Labute approximate surface area is 219 Å². The van der Waals surface area contributed by atoms with Gasteiger partial charge in [0.2, 0.25) is 0 Å². The van der Waals surface area contributed by atoms with Crippen molar-refractivity contribution in [1.29, 1.82) is 0 Å².